The first kappa shape index (κ1) is 31.2. The summed E-state index contributed by atoms with van der Waals surface area (Å²) in [5, 5.41) is 22.1. The highest BCUT2D eigenvalue weighted by Crippen LogP contribution is 2.69. The van der Waals surface area contributed by atoms with Crippen LogP contribution in [0, 0.1) is 22.7 Å². The molecule has 2 aromatic carbocycles. The van der Waals surface area contributed by atoms with E-state index >= 15 is 4.39 Å². The van der Waals surface area contributed by atoms with E-state index in [1.54, 1.807) is 68.5 Å². The van der Waals surface area contributed by atoms with E-state index < -0.39 is 57.9 Å². The second kappa shape index (κ2) is 10.9. The van der Waals surface area contributed by atoms with E-state index in [0.717, 1.165) is 9.79 Å². The molecule has 0 spiro atoms. The van der Waals surface area contributed by atoms with Crippen molar-refractivity contribution in [2.24, 2.45) is 22.7 Å². The molecule has 10 heteroatoms. The van der Waals surface area contributed by atoms with Gasteiger partial charge in [0.1, 0.15) is 5.75 Å². The highest BCUT2D eigenvalue weighted by Gasteiger charge is 2.75. The number of carboxylic acid groups (broad SMARTS) is 1. The third kappa shape index (κ3) is 4.76. The van der Waals surface area contributed by atoms with Crippen molar-refractivity contribution in [3.8, 4) is 5.75 Å². The molecule has 2 saturated carbocycles. The van der Waals surface area contributed by atoms with E-state index in [1.165, 1.54) is 24.8 Å². The number of halogens is 1. The number of rotatable bonds is 6. The number of ketones is 1. The Labute approximate surface area is 264 Å². The average molecular weight is 635 g/mol. The molecular weight excluding hydrogens is 599 g/mol. The van der Waals surface area contributed by atoms with E-state index in [-0.39, 0.29) is 37.0 Å². The molecule has 7 atom stereocenters. The zero-order valence-corrected chi connectivity index (χ0v) is 26.1. The normalized spacial score (nSPS) is 35.0. The number of aliphatic hydroxyl groups excluding tert-OH is 1. The molecule has 4 aliphatic carbocycles. The molecule has 0 saturated heterocycles. The summed E-state index contributed by atoms with van der Waals surface area (Å²) in [6, 6.07) is 13.6. The molecule has 0 aromatic heterocycles. The topological polar surface area (TPSA) is 127 Å². The minimum absolute atomic E-state index is 0.00652. The minimum atomic E-state index is -2.11. The summed E-state index contributed by atoms with van der Waals surface area (Å²) < 4.78 is 28.4. The first-order valence-electron chi connectivity index (χ1n) is 15.1. The van der Waals surface area contributed by atoms with Gasteiger partial charge in [-0.25, -0.2) is 14.0 Å². The smallest absolute Gasteiger partial charge is 0.348 e. The maximum Gasteiger partial charge on any atom is 0.348 e. The van der Waals surface area contributed by atoms with Crippen LogP contribution >= 0.6 is 11.8 Å². The Morgan fingerprint density at radius 3 is 2.27 bits per heavy atom. The van der Waals surface area contributed by atoms with Crippen LogP contribution in [0.5, 0.6) is 5.75 Å². The van der Waals surface area contributed by atoms with Gasteiger partial charge in [-0.05, 0) is 93.1 Å². The van der Waals surface area contributed by atoms with Crippen molar-refractivity contribution in [1.29, 1.82) is 0 Å². The summed E-state index contributed by atoms with van der Waals surface area (Å²) in [7, 11) is 0. The fourth-order valence-corrected chi connectivity index (χ4v) is 9.24. The van der Waals surface area contributed by atoms with E-state index in [2.05, 4.69) is 0 Å². The lowest BCUT2D eigenvalue weighted by atomic mass is 9.45. The standard InChI is InChI=1S/C35H35FO8S/c1-20(37)43-24-7-11-26(12-8-24)45-25-9-4-21(5-10-25)30(40)44-34(31(41)42)17-15-27-28-13-6-22-18-23(38)14-16-32(22,2)35(28,36)29(39)19-33(27,34)3/h4-12,14,16,27-29,39H,13,15,17-19H2,1-3H3,(H,41,42)/t27-,28-,29-,32-,33-,34-,35-/m0/s1. The van der Waals surface area contributed by atoms with Gasteiger partial charge in [-0.3, -0.25) is 9.59 Å². The Morgan fingerprint density at radius 1 is 1.00 bits per heavy atom. The molecule has 0 unspecified atom stereocenters. The Hall–Kier alpha value is -3.76. The summed E-state index contributed by atoms with van der Waals surface area (Å²) in [5.41, 5.74) is -5.69. The Bertz CT molecular complexity index is 1630. The lowest BCUT2D eigenvalue weighted by Crippen LogP contribution is -2.69. The number of allylic oxidation sites excluding steroid dienone is 4. The van der Waals surface area contributed by atoms with Gasteiger partial charge < -0.3 is 19.7 Å². The molecule has 0 radical (unpaired) electrons. The first-order valence-corrected chi connectivity index (χ1v) is 15.9. The van der Waals surface area contributed by atoms with E-state index in [0.29, 0.717) is 17.7 Å². The van der Waals surface area contributed by atoms with Gasteiger partial charge >= 0.3 is 17.9 Å². The highest BCUT2D eigenvalue weighted by atomic mass is 32.2. The molecule has 2 N–H and O–H groups in total. The number of ether oxygens (including phenoxy) is 2. The third-order valence-corrected chi connectivity index (χ3v) is 11.8. The number of aliphatic hydroxyl groups is 1. The van der Waals surface area contributed by atoms with E-state index in [1.807, 2.05) is 6.08 Å². The van der Waals surface area contributed by atoms with Crippen LogP contribution in [0.15, 0.2) is 82.1 Å². The lowest BCUT2D eigenvalue weighted by Gasteiger charge is -2.61. The third-order valence-electron chi connectivity index (χ3n) is 10.7. The number of hydrogen-bond acceptors (Lipinski definition) is 8. The monoisotopic (exact) mass is 634 g/mol. The zero-order valence-electron chi connectivity index (χ0n) is 25.2. The number of hydrogen-bond donors (Lipinski definition) is 2. The molecule has 2 aromatic rings. The van der Waals surface area contributed by atoms with Crippen LogP contribution in [0.25, 0.3) is 0 Å². The molecule has 4 aliphatic rings. The predicted octanol–water partition coefficient (Wildman–Crippen LogP) is 6.11. The maximum atomic E-state index is 17.4. The van der Waals surface area contributed by atoms with Gasteiger partial charge in [0, 0.05) is 39.9 Å². The number of fused-ring (bicyclic) bond motifs is 5. The zero-order chi connectivity index (χ0) is 32.4. The highest BCUT2D eigenvalue weighted by molar-refractivity contribution is 7.99. The fraction of sp³-hybridized carbons (Fsp3) is 0.429. The van der Waals surface area contributed by atoms with Crippen molar-refractivity contribution in [1.82, 2.24) is 0 Å². The molecule has 0 heterocycles. The lowest BCUT2D eigenvalue weighted by molar-refractivity contribution is -0.218. The van der Waals surface area contributed by atoms with Gasteiger partial charge in [-0.1, -0.05) is 36.4 Å². The molecule has 8 nitrogen and oxygen atoms in total. The number of carbonyl (C=O) groups is 4. The SMILES string of the molecule is CC(=O)Oc1ccc(Sc2ccc(C(=O)O[C@]3(C(=O)O)CC[C@H]4[C@@H]5CC=C6CC(=O)C=C[C@]6(C)[C@@]5(F)[C@@H](O)C[C@@]43C)cc2)cc1. The number of alkyl halides is 1. The molecule has 0 aliphatic heterocycles. The van der Waals surface area contributed by atoms with Crippen LogP contribution in [0.1, 0.15) is 63.2 Å². The average Bonchev–Trinajstić information content (AvgIpc) is 3.27. The summed E-state index contributed by atoms with van der Waals surface area (Å²) in [5.74, 6) is -3.42. The van der Waals surface area contributed by atoms with E-state index in [9.17, 15) is 29.4 Å². The van der Waals surface area contributed by atoms with Crippen molar-refractivity contribution in [2.45, 2.75) is 80.0 Å². The Morgan fingerprint density at radius 2 is 1.64 bits per heavy atom. The van der Waals surface area contributed by atoms with Crippen molar-refractivity contribution in [2.75, 3.05) is 0 Å². The molecule has 236 valence electrons. The van der Waals surface area contributed by atoms with Crippen LogP contribution in [0.3, 0.4) is 0 Å². The Kier molecular flexibility index (Phi) is 7.60. The number of aliphatic carboxylic acids is 1. The van der Waals surface area contributed by atoms with Gasteiger partial charge in [0.05, 0.1) is 11.7 Å². The van der Waals surface area contributed by atoms with Gasteiger partial charge in [0.25, 0.3) is 0 Å². The maximum absolute atomic E-state index is 17.4. The summed E-state index contributed by atoms with van der Waals surface area (Å²) >= 11 is 1.43. The fourth-order valence-electron chi connectivity index (χ4n) is 8.42. The molecule has 0 bridgehead atoms. The Balaban J connectivity index is 1.23. The molecule has 0 amide bonds. The number of benzene rings is 2. The summed E-state index contributed by atoms with van der Waals surface area (Å²) in [6.45, 7) is 4.73. The van der Waals surface area contributed by atoms with Crippen molar-refractivity contribution >= 4 is 35.5 Å². The summed E-state index contributed by atoms with van der Waals surface area (Å²) in [4.78, 5) is 51.5. The molecule has 2 fully saturated rings. The van der Waals surface area contributed by atoms with Crippen molar-refractivity contribution in [3.05, 3.63) is 77.9 Å². The van der Waals surface area contributed by atoms with Crippen LogP contribution < -0.4 is 4.74 Å². The van der Waals surface area contributed by atoms with Crippen molar-refractivity contribution < 1.29 is 43.3 Å². The number of carbonyl (C=O) groups excluding carboxylic acids is 3. The van der Waals surface area contributed by atoms with Crippen LogP contribution in [0.4, 0.5) is 4.39 Å². The largest absolute Gasteiger partial charge is 0.478 e. The van der Waals surface area contributed by atoms with Gasteiger partial charge in [0.15, 0.2) is 11.5 Å². The second-order valence-electron chi connectivity index (χ2n) is 13.0. The predicted molar refractivity (Wildman–Crippen MR) is 162 cm³/mol. The molecular formula is C35H35FO8S. The van der Waals surface area contributed by atoms with Crippen molar-refractivity contribution in [3.63, 3.8) is 0 Å². The number of carboxylic acids is 1. The van der Waals surface area contributed by atoms with Crippen LogP contribution in [0.2, 0.25) is 0 Å². The first-order chi connectivity index (χ1) is 21.2. The van der Waals surface area contributed by atoms with Crippen LogP contribution in [-0.2, 0) is 19.1 Å². The second-order valence-corrected chi connectivity index (χ2v) is 14.2. The summed E-state index contributed by atoms with van der Waals surface area (Å²) in [6.07, 6.45) is 3.73. The minimum Gasteiger partial charge on any atom is -0.478 e. The van der Waals surface area contributed by atoms with Gasteiger partial charge in [0.2, 0.25) is 5.60 Å². The van der Waals surface area contributed by atoms with Gasteiger partial charge in [-0.15, -0.1) is 0 Å². The van der Waals surface area contributed by atoms with Gasteiger partial charge in [-0.2, -0.15) is 0 Å². The van der Waals surface area contributed by atoms with E-state index in [4.69, 9.17) is 9.47 Å². The molecule has 6 rings (SSSR count). The number of esters is 2. The van der Waals surface area contributed by atoms with Crippen LogP contribution in [-0.4, -0.2) is 51.3 Å². The molecule has 45 heavy (non-hydrogen) atoms. The quantitative estimate of drug-likeness (QED) is 0.220.